The van der Waals surface area contributed by atoms with E-state index in [0.717, 1.165) is 5.69 Å². The second-order valence-electron chi connectivity index (χ2n) is 6.51. The molecule has 0 N–H and O–H groups in total. The summed E-state index contributed by atoms with van der Waals surface area (Å²) in [4.78, 5) is 13.7. The number of carbonyl (C=O) groups is 1. The highest BCUT2D eigenvalue weighted by molar-refractivity contribution is 7.89. The minimum absolute atomic E-state index is 0.0240. The Morgan fingerprint density at radius 3 is 2.11 bits per heavy atom. The topological polar surface area (TPSA) is 76.2 Å². The molecule has 0 atom stereocenters. The average molecular weight is 404 g/mol. The lowest BCUT2D eigenvalue weighted by molar-refractivity contribution is 0.101. The Kier molecular flexibility index (Phi) is 5.90. The number of carbonyl (C=O) groups excluding carboxylic acids is 1. The van der Waals surface area contributed by atoms with Gasteiger partial charge in [-0.05, 0) is 43.3 Å². The van der Waals surface area contributed by atoms with E-state index < -0.39 is 10.0 Å². The summed E-state index contributed by atoms with van der Waals surface area (Å²) in [6.45, 7) is 3.40. The Labute approximate surface area is 165 Å². The number of ketones is 1. The lowest BCUT2D eigenvalue weighted by atomic mass is 10.1. The first kappa shape index (κ1) is 20.2. The monoisotopic (exact) mass is 404 g/mol. The Balaban J connectivity index is 1.74. The van der Waals surface area contributed by atoms with Crippen molar-refractivity contribution in [2.45, 2.75) is 11.8 Å². The molecule has 8 heteroatoms. The number of sulfonamides is 1. The molecule has 7 nitrogen and oxygen atoms in total. The predicted molar refractivity (Wildman–Crippen MR) is 107 cm³/mol. The van der Waals surface area contributed by atoms with Crippen LogP contribution in [0.1, 0.15) is 17.3 Å². The largest absolute Gasteiger partial charge is 0.497 e. The van der Waals surface area contributed by atoms with Gasteiger partial charge < -0.3 is 14.4 Å². The second-order valence-corrected chi connectivity index (χ2v) is 8.42. The van der Waals surface area contributed by atoms with Gasteiger partial charge in [-0.25, -0.2) is 8.42 Å². The van der Waals surface area contributed by atoms with Crippen LogP contribution in [0.3, 0.4) is 0 Å². The third kappa shape index (κ3) is 3.98. The van der Waals surface area contributed by atoms with Crippen LogP contribution in [0.15, 0.2) is 47.4 Å². The van der Waals surface area contributed by atoms with Crippen molar-refractivity contribution in [2.24, 2.45) is 0 Å². The van der Waals surface area contributed by atoms with Crippen LogP contribution in [0.5, 0.6) is 11.5 Å². The molecule has 0 radical (unpaired) electrons. The van der Waals surface area contributed by atoms with Gasteiger partial charge in [0.2, 0.25) is 10.0 Å². The van der Waals surface area contributed by atoms with Crippen LogP contribution in [0.4, 0.5) is 5.69 Å². The Hall–Kier alpha value is -2.58. The summed E-state index contributed by atoms with van der Waals surface area (Å²) < 4.78 is 38.0. The molecule has 1 saturated heterocycles. The molecule has 150 valence electrons. The number of ether oxygens (including phenoxy) is 2. The van der Waals surface area contributed by atoms with E-state index in [1.165, 1.54) is 31.5 Å². The van der Waals surface area contributed by atoms with Crippen molar-refractivity contribution in [3.8, 4) is 11.5 Å². The highest BCUT2D eigenvalue weighted by atomic mass is 32.2. The maximum atomic E-state index is 13.1. The molecular formula is C20H24N2O5S. The van der Waals surface area contributed by atoms with Crippen LogP contribution >= 0.6 is 0 Å². The fraction of sp³-hybridized carbons (Fsp3) is 0.350. The minimum atomic E-state index is -3.67. The second kappa shape index (κ2) is 8.20. The first-order valence-electron chi connectivity index (χ1n) is 8.95. The number of Topliss-reactive ketones (excluding diaryl/α,β-unsaturated/α-hetero) is 1. The number of hydrogen-bond donors (Lipinski definition) is 0. The Bertz CT molecular complexity index is 949. The minimum Gasteiger partial charge on any atom is -0.497 e. The van der Waals surface area contributed by atoms with Crippen LogP contribution < -0.4 is 14.4 Å². The van der Waals surface area contributed by atoms with Gasteiger partial charge in [0.25, 0.3) is 0 Å². The molecule has 1 heterocycles. The van der Waals surface area contributed by atoms with Gasteiger partial charge in [-0.1, -0.05) is 0 Å². The zero-order chi connectivity index (χ0) is 20.3. The number of nitrogens with zero attached hydrogens (tertiary/aromatic N) is 2. The zero-order valence-electron chi connectivity index (χ0n) is 16.2. The molecule has 0 unspecified atom stereocenters. The number of methoxy groups -OCH3 is 2. The summed E-state index contributed by atoms with van der Waals surface area (Å²) in [7, 11) is -0.712. The summed E-state index contributed by atoms with van der Waals surface area (Å²) in [6.07, 6.45) is 0. The fourth-order valence-corrected chi connectivity index (χ4v) is 4.78. The lowest BCUT2D eigenvalue weighted by Gasteiger charge is -2.35. The van der Waals surface area contributed by atoms with Crippen LogP contribution in [0.2, 0.25) is 0 Å². The fourth-order valence-electron chi connectivity index (χ4n) is 3.22. The molecule has 2 aromatic rings. The smallest absolute Gasteiger partial charge is 0.246 e. The highest BCUT2D eigenvalue weighted by Crippen LogP contribution is 2.31. The summed E-state index contributed by atoms with van der Waals surface area (Å²) >= 11 is 0. The first-order chi connectivity index (χ1) is 13.4. The molecule has 1 fully saturated rings. The lowest BCUT2D eigenvalue weighted by Crippen LogP contribution is -2.48. The third-order valence-corrected chi connectivity index (χ3v) is 6.80. The average Bonchev–Trinajstić information content (AvgIpc) is 2.73. The number of hydrogen-bond acceptors (Lipinski definition) is 6. The van der Waals surface area contributed by atoms with Gasteiger partial charge in [0, 0.05) is 43.5 Å². The Morgan fingerprint density at radius 2 is 1.57 bits per heavy atom. The summed E-state index contributed by atoms with van der Waals surface area (Å²) in [5, 5.41) is 0. The molecule has 0 aromatic heterocycles. The third-order valence-electron chi connectivity index (χ3n) is 4.87. The highest BCUT2D eigenvalue weighted by Gasteiger charge is 2.31. The van der Waals surface area contributed by atoms with Gasteiger partial charge >= 0.3 is 0 Å². The van der Waals surface area contributed by atoms with E-state index in [0.29, 0.717) is 37.5 Å². The normalized spacial score (nSPS) is 15.3. The standard InChI is InChI=1S/C20H24N2O5S/c1-15(23)16-4-6-17(7-5-16)21-10-12-22(13-11-21)28(24,25)20-9-8-18(26-2)14-19(20)27-3/h4-9,14H,10-13H2,1-3H3. The van der Waals surface area contributed by atoms with Gasteiger partial charge in [0.05, 0.1) is 14.2 Å². The predicted octanol–water partition coefficient (Wildman–Crippen LogP) is 2.42. The summed E-state index contributed by atoms with van der Waals surface area (Å²) in [5.41, 5.74) is 1.64. The number of anilines is 1. The number of benzene rings is 2. The van der Waals surface area contributed by atoms with Gasteiger partial charge in [0.15, 0.2) is 5.78 Å². The molecule has 0 aliphatic carbocycles. The summed E-state index contributed by atoms with van der Waals surface area (Å²) in [5.74, 6) is 0.826. The van der Waals surface area contributed by atoms with E-state index >= 15 is 0 Å². The van der Waals surface area contributed by atoms with Crippen molar-refractivity contribution < 1.29 is 22.7 Å². The molecule has 1 aliphatic heterocycles. The quantitative estimate of drug-likeness (QED) is 0.689. The van der Waals surface area contributed by atoms with E-state index in [1.807, 2.05) is 12.1 Å². The van der Waals surface area contributed by atoms with E-state index in [-0.39, 0.29) is 16.4 Å². The van der Waals surface area contributed by atoms with Crippen LogP contribution in [0.25, 0.3) is 0 Å². The van der Waals surface area contributed by atoms with Crippen molar-refractivity contribution in [3.05, 3.63) is 48.0 Å². The number of piperazine rings is 1. The van der Waals surface area contributed by atoms with Gasteiger partial charge in [-0.3, -0.25) is 4.79 Å². The van der Waals surface area contributed by atoms with Crippen LogP contribution in [-0.4, -0.2) is 58.9 Å². The van der Waals surface area contributed by atoms with Gasteiger partial charge in [-0.15, -0.1) is 0 Å². The van der Waals surface area contributed by atoms with E-state index in [2.05, 4.69) is 4.90 Å². The van der Waals surface area contributed by atoms with E-state index in [1.54, 1.807) is 24.3 Å². The van der Waals surface area contributed by atoms with Gasteiger partial charge in [-0.2, -0.15) is 4.31 Å². The van der Waals surface area contributed by atoms with Crippen molar-refractivity contribution in [2.75, 3.05) is 45.3 Å². The SMILES string of the molecule is COc1ccc(S(=O)(=O)N2CCN(c3ccc(C(C)=O)cc3)CC2)c(OC)c1. The van der Waals surface area contributed by atoms with Gasteiger partial charge in [0.1, 0.15) is 16.4 Å². The van der Waals surface area contributed by atoms with Crippen LogP contribution in [0, 0.1) is 0 Å². The molecule has 0 saturated carbocycles. The zero-order valence-corrected chi connectivity index (χ0v) is 17.0. The van der Waals surface area contributed by atoms with Crippen LogP contribution in [-0.2, 0) is 10.0 Å². The number of rotatable bonds is 6. The molecular weight excluding hydrogens is 380 g/mol. The maximum Gasteiger partial charge on any atom is 0.246 e. The Morgan fingerprint density at radius 1 is 0.929 bits per heavy atom. The van der Waals surface area contributed by atoms with Crippen molar-refractivity contribution in [1.82, 2.24) is 4.31 Å². The molecule has 0 bridgehead atoms. The molecule has 1 aliphatic rings. The molecule has 28 heavy (non-hydrogen) atoms. The molecule has 0 amide bonds. The molecule has 2 aromatic carbocycles. The molecule has 0 spiro atoms. The van der Waals surface area contributed by atoms with Crippen molar-refractivity contribution in [3.63, 3.8) is 0 Å². The van der Waals surface area contributed by atoms with E-state index in [4.69, 9.17) is 9.47 Å². The maximum absolute atomic E-state index is 13.1. The molecule has 3 rings (SSSR count). The van der Waals surface area contributed by atoms with Crippen molar-refractivity contribution in [1.29, 1.82) is 0 Å². The van der Waals surface area contributed by atoms with Crippen molar-refractivity contribution >= 4 is 21.5 Å². The first-order valence-corrected chi connectivity index (χ1v) is 10.4. The van der Waals surface area contributed by atoms with E-state index in [9.17, 15) is 13.2 Å². The summed E-state index contributed by atoms with van der Waals surface area (Å²) in [6, 6.07) is 12.1.